The molecule has 0 fully saturated rings. The van der Waals surface area contributed by atoms with E-state index in [2.05, 4.69) is 4.98 Å². The summed E-state index contributed by atoms with van der Waals surface area (Å²) in [6, 6.07) is 6.90. The van der Waals surface area contributed by atoms with Gasteiger partial charge in [-0.2, -0.15) is 0 Å². The standard InChI is InChI=1S/C15H15ClFNO2/c1-2-19-15-6-11(7-16)3-4-14(15)20-10-12-5-13(17)9-18-8-12/h3-6,8-9H,2,7,10H2,1H3. The van der Waals surface area contributed by atoms with Crippen molar-refractivity contribution in [3.63, 3.8) is 0 Å². The molecule has 0 aliphatic rings. The smallest absolute Gasteiger partial charge is 0.161 e. The molecule has 0 amide bonds. The third-order valence-corrected chi connectivity index (χ3v) is 2.93. The molecule has 0 spiro atoms. The molecule has 0 N–H and O–H groups in total. The van der Waals surface area contributed by atoms with Gasteiger partial charge in [0.05, 0.1) is 12.8 Å². The third-order valence-electron chi connectivity index (χ3n) is 2.62. The number of aromatic nitrogens is 1. The minimum absolute atomic E-state index is 0.227. The van der Waals surface area contributed by atoms with Crippen LogP contribution in [0.15, 0.2) is 36.7 Å². The van der Waals surface area contributed by atoms with Crippen LogP contribution in [0.2, 0.25) is 0 Å². The van der Waals surface area contributed by atoms with Crippen LogP contribution in [0.3, 0.4) is 0 Å². The van der Waals surface area contributed by atoms with Gasteiger partial charge in [0.2, 0.25) is 0 Å². The molecule has 0 aliphatic heterocycles. The summed E-state index contributed by atoms with van der Waals surface area (Å²) in [6.45, 7) is 2.66. The highest BCUT2D eigenvalue weighted by atomic mass is 35.5. The molecule has 2 rings (SSSR count). The van der Waals surface area contributed by atoms with Gasteiger partial charge in [0.15, 0.2) is 11.5 Å². The molecule has 20 heavy (non-hydrogen) atoms. The van der Waals surface area contributed by atoms with Crippen molar-refractivity contribution >= 4 is 11.6 Å². The summed E-state index contributed by atoms with van der Waals surface area (Å²) in [7, 11) is 0. The lowest BCUT2D eigenvalue weighted by Crippen LogP contribution is -2.01. The van der Waals surface area contributed by atoms with E-state index in [4.69, 9.17) is 21.1 Å². The molecule has 106 valence electrons. The number of nitrogens with zero attached hydrogens (tertiary/aromatic N) is 1. The van der Waals surface area contributed by atoms with Gasteiger partial charge in [-0.25, -0.2) is 4.39 Å². The fraction of sp³-hybridized carbons (Fsp3) is 0.267. The van der Waals surface area contributed by atoms with Crippen LogP contribution in [0.25, 0.3) is 0 Å². The first-order chi connectivity index (χ1) is 9.72. The van der Waals surface area contributed by atoms with Crippen molar-refractivity contribution in [1.29, 1.82) is 0 Å². The van der Waals surface area contributed by atoms with Crippen molar-refractivity contribution in [3.05, 3.63) is 53.6 Å². The van der Waals surface area contributed by atoms with E-state index in [1.807, 2.05) is 19.1 Å². The third kappa shape index (κ3) is 3.84. The van der Waals surface area contributed by atoms with Gasteiger partial charge in [-0.1, -0.05) is 6.07 Å². The van der Waals surface area contributed by atoms with Crippen molar-refractivity contribution in [2.45, 2.75) is 19.4 Å². The van der Waals surface area contributed by atoms with Crippen LogP contribution in [0.1, 0.15) is 18.1 Å². The lowest BCUT2D eigenvalue weighted by Gasteiger charge is -2.12. The van der Waals surface area contributed by atoms with Crippen molar-refractivity contribution < 1.29 is 13.9 Å². The lowest BCUT2D eigenvalue weighted by molar-refractivity contribution is 0.268. The first kappa shape index (κ1) is 14.6. The van der Waals surface area contributed by atoms with E-state index in [0.29, 0.717) is 29.5 Å². The highest BCUT2D eigenvalue weighted by Crippen LogP contribution is 2.29. The van der Waals surface area contributed by atoms with Crippen molar-refractivity contribution in [1.82, 2.24) is 4.98 Å². The van der Waals surface area contributed by atoms with Crippen LogP contribution >= 0.6 is 11.6 Å². The summed E-state index contributed by atoms with van der Waals surface area (Å²) in [5.41, 5.74) is 1.61. The molecule has 0 radical (unpaired) electrons. The molecule has 5 heteroatoms. The van der Waals surface area contributed by atoms with Gasteiger partial charge in [-0.15, -0.1) is 11.6 Å². The van der Waals surface area contributed by atoms with Gasteiger partial charge >= 0.3 is 0 Å². The Kier molecular flexibility index (Phi) is 5.18. The van der Waals surface area contributed by atoms with Gasteiger partial charge in [-0.3, -0.25) is 4.98 Å². The monoisotopic (exact) mass is 295 g/mol. The number of benzene rings is 1. The molecule has 1 aromatic carbocycles. The maximum atomic E-state index is 13.0. The topological polar surface area (TPSA) is 31.4 Å². The summed E-state index contributed by atoms with van der Waals surface area (Å²) >= 11 is 5.80. The SMILES string of the molecule is CCOc1cc(CCl)ccc1OCc1cncc(F)c1. The van der Waals surface area contributed by atoms with Crippen LogP contribution in [-0.4, -0.2) is 11.6 Å². The summed E-state index contributed by atoms with van der Waals surface area (Å²) < 4.78 is 24.2. The Labute approximate surface area is 122 Å². The van der Waals surface area contributed by atoms with Crippen LogP contribution in [-0.2, 0) is 12.5 Å². The first-order valence-electron chi connectivity index (χ1n) is 6.27. The van der Waals surface area contributed by atoms with Crippen molar-refractivity contribution in [3.8, 4) is 11.5 Å². The van der Waals surface area contributed by atoms with Crippen molar-refractivity contribution in [2.75, 3.05) is 6.61 Å². The highest BCUT2D eigenvalue weighted by Gasteiger charge is 2.07. The van der Waals surface area contributed by atoms with E-state index in [-0.39, 0.29) is 12.4 Å². The first-order valence-corrected chi connectivity index (χ1v) is 6.80. The van der Waals surface area contributed by atoms with Gasteiger partial charge in [0, 0.05) is 17.6 Å². The quantitative estimate of drug-likeness (QED) is 0.757. The van der Waals surface area contributed by atoms with Gasteiger partial charge in [0.25, 0.3) is 0 Å². The van der Waals surface area contributed by atoms with Gasteiger partial charge in [0.1, 0.15) is 12.4 Å². The maximum absolute atomic E-state index is 13.0. The summed E-state index contributed by atoms with van der Waals surface area (Å²) in [4.78, 5) is 3.78. The zero-order chi connectivity index (χ0) is 14.4. The zero-order valence-electron chi connectivity index (χ0n) is 11.1. The molecule has 1 aromatic heterocycles. The number of alkyl halides is 1. The average Bonchev–Trinajstić information content (AvgIpc) is 2.46. The van der Waals surface area contributed by atoms with E-state index >= 15 is 0 Å². The van der Waals surface area contributed by atoms with E-state index < -0.39 is 0 Å². The van der Waals surface area contributed by atoms with Crippen LogP contribution in [0.4, 0.5) is 4.39 Å². The molecule has 0 saturated heterocycles. The molecule has 1 heterocycles. The second kappa shape index (κ2) is 7.10. The second-order valence-electron chi connectivity index (χ2n) is 4.15. The Balaban J connectivity index is 2.12. The normalized spacial score (nSPS) is 10.3. The Hall–Kier alpha value is -1.81. The Bertz CT molecular complexity index is 578. The van der Waals surface area contributed by atoms with Gasteiger partial charge in [-0.05, 0) is 30.7 Å². The number of halogens is 2. The summed E-state index contributed by atoms with van der Waals surface area (Å²) in [5, 5.41) is 0. The molecule has 3 nitrogen and oxygen atoms in total. The molecule has 0 unspecified atom stereocenters. The number of rotatable bonds is 6. The Morgan fingerprint density at radius 1 is 1.10 bits per heavy atom. The molecule has 0 aliphatic carbocycles. The number of hydrogen-bond donors (Lipinski definition) is 0. The van der Waals surface area contributed by atoms with E-state index in [1.165, 1.54) is 6.07 Å². The molecule has 2 aromatic rings. The maximum Gasteiger partial charge on any atom is 0.161 e. The van der Waals surface area contributed by atoms with Crippen LogP contribution < -0.4 is 9.47 Å². The summed E-state index contributed by atoms with van der Waals surface area (Å²) in [5.74, 6) is 1.27. The summed E-state index contributed by atoms with van der Waals surface area (Å²) in [6.07, 6.45) is 2.72. The molecule has 0 saturated carbocycles. The van der Waals surface area contributed by atoms with Crippen molar-refractivity contribution in [2.24, 2.45) is 0 Å². The molecular weight excluding hydrogens is 281 g/mol. The second-order valence-corrected chi connectivity index (χ2v) is 4.42. The molecular formula is C15H15ClFNO2. The average molecular weight is 296 g/mol. The number of pyridine rings is 1. The minimum atomic E-state index is -0.381. The number of hydrogen-bond acceptors (Lipinski definition) is 3. The van der Waals surface area contributed by atoms with Crippen LogP contribution in [0.5, 0.6) is 11.5 Å². The fourth-order valence-corrected chi connectivity index (χ4v) is 1.89. The van der Waals surface area contributed by atoms with E-state index in [0.717, 1.165) is 11.8 Å². The predicted molar refractivity (Wildman–Crippen MR) is 75.7 cm³/mol. The Morgan fingerprint density at radius 2 is 1.95 bits per heavy atom. The van der Waals surface area contributed by atoms with Crippen LogP contribution in [0, 0.1) is 5.82 Å². The molecule has 0 bridgehead atoms. The highest BCUT2D eigenvalue weighted by molar-refractivity contribution is 6.17. The predicted octanol–water partition coefficient (Wildman–Crippen LogP) is 3.94. The largest absolute Gasteiger partial charge is 0.490 e. The zero-order valence-corrected chi connectivity index (χ0v) is 11.9. The fourth-order valence-electron chi connectivity index (χ4n) is 1.72. The number of ether oxygens (including phenoxy) is 2. The Morgan fingerprint density at radius 3 is 2.65 bits per heavy atom. The minimum Gasteiger partial charge on any atom is -0.490 e. The van der Waals surface area contributed by atoms with Gasteiger partial charge < -0.3 is 9.47 Å². The van der Waals surface area contributed by atoms with E-state index in [9.17, 15) is 4.39 Å². The molecule has 0 atom stereocenters. The lowest BCUT2D eigenvalue weighted by atomic mass is 10.2. The van der Waals surface area contributed by atoms with E-state index in [1.54, 1.807) is 12.3 Å².